The molecular formula is C26H23Cl4NO6S2. The van der Waals surface area contributed by atoms with Gasteiger partial charge in [-0.3, -0.25) is 14.5 Å². The number of aliphatic carboxylic acids is 1. The number of hydrogen-bond acceptors (Lipinski definition) is 7. The Balaban J connectivity index is 1.99. The molecule has 39 heavy (non-hydrogen) atoms. The normalized spacial score (nSPS) is 18.7. The first-order valence-electron chi connectivity index (χ1n) is 11.4. The third kappa shape index (κ3) is 6.90. The van der Waals surface area contributed by atoms with Crippen LogP contribution in [0.3, 0.4) is 0 Å². The molecule has 2 N–H and O–H groups in total. The van der Waals surface area contributed by atoms with Gasteiger partial charge in [0.15, 0.2) is 10.8 Å². The van der Waals surface area contributed by atoms with E-state index in [0.29, 0.717) is 32.8 Å². The van der Waals surface area contributed by atoms with E-state index in [0.717, 1.165) is 4.90 Å². The van der Waals surface area contributed by atoms with Gasteiger partial charge in [0.05, 0.1) is 32.0 Å². The number of β-lactam (4-membered cyclic amide) rings is 1. The van der Waals surface area contributed by atoms with Crippen LogP contribution in [-0.2, 0) is 14.4 Å². The number of rotatable bonds is 8. The van der Waals surface area contributed by atoms with Crippen molar-refractivity contribution in [2.75, 3.05) is 0 Å². The average Bonchev–Trinajstić information content (AvgIpc) is 2.83. The summed E-state index contributed by atoms with van der Waals surface area (Å²) in [7, 11) is 0. The molecule has 1 aliphatic heterocycles. The monoisotopic (exact) mass is 649 g/mol. The Hall–Kier alpha value is -1.85. The molecule has 0 bridgehead atoms. The Kier molecular flexibility index (Phi) is 10.0. The number of thiocarbonyl (C=S) groups is 1. The van der Waals surface area contributed by atoms with E-state index in [1.165, 1.54) is 25.1 Å². The predicted octanol–water partition coefficient (Wildman–Crippen LogP) is 6.76. The van der Waals surface area contributed by atoms with Crippen molar-refractivity contribution in [2.45, 2.75) is 39.3 Å². The first kappa shape index (κ1) is 31.7. The van der Waals surface area contributed by atoms with Crippen LogP contribution in [0.5, 0.6) is 5.75 Å². The molecule has 0 radical (unpaired) electrons. The molecule has 1 aliphatic rings. The van der Waals surface area contributed by atoms with Gasteiger partial charge in [-0.2, -0.15) is 0 Å². The number of carboxylic acids is 1. The second-order valence-corrected chi connectivity index (χ2v) is 12.7. The highest BCUT2D eigenvalue weighted by molar-refractivity contribution is 8.16. The second kappa shape index (κ2) is 12.3. The van der Waals surface area contributed by atoms with Crippen LogP contribution in [0.2, 0.25) is 15.1 Å². The summed E-state index contributed by atoms with van der Waals surface area (Å²) in [5.41, 5.74) is -1.55. The van der Waals surface area contributed by atoms with Crippen molar-refractivity contribution in [1.82, 2.24) is 4.90 Å². The molecule has 0 aliphatic carbocycles. The van der Waals surface area contributed by atoms with E-state index in [2.05, 4.69) is 0 Å². The zero-order valence-electron chi connectivity index (χ0n) is 21.0. The van der Waals surface area contributed by atoms with E-state index in [-0.39, 0.29) is 20.9 Å². The lowest BCUT2D eigenvalue weighted by atomic mass is 9.92. The molecule has 0 saturated carbocycles. The van der Waals surface area contributed by atoms with Gasteiger partial charge < -0.3 is 14.9 Å². The van der Waals surface area contributed by atoms with Gasteiger partial charge >= 0.3 is 5.97 Å². The molecule has 0 spiro atoms. The Morgan fingerprint density at radius 3 is 2.13 bits per heavy atom. The van der Waals surface area contributed by atoms with Crippen LogP contribution in [-0.4, -0.2) is 48.6 Å². The van der Waals surface area contributed by atoms with Crippen molar-refractivity contribution < 1.29 is 29.3 Å². The minimum absolute atomic E-state index is 0.163. The summed E-state index contributed by atoms with van der Waals surface area (Å²) in [4.78, 5) is 39.1. The third-order valence-electron chi connectivity index (χ3n) is 5.60. The quantitative estimate of drug-likeness (QED) is 0.0472. The first-order chi connectivity index (χ1) is 18.0. The minimum atomic E-state index is -1.53. The highest BCUT2D eigenvalue weighted by atomic mass is 35.5. The van der Waals surface area contributed by atoms with E-state index in [1.54, 1.807) is 39.0 Å². The van der Waals surface area contributed by atoms with Crippen molar-refractivity contribution in [3.8, 4) is 5.75 Å². The van der Waals surface area contributed by atoms with Gasteiger partial charge in [-0.1, -0.05) is 79.4 Å². The Bertz CT molecular complexity index is 1370. The fourth-order valence-corrected chi connectivity index (χ4v) is 5.83. The average molecular weight is 651 g/mol. The van der Waals surface area contributed by atoms with Crippen LogP contribution in [0.15, 0.2) is 47.2 Å². The molecule has 3 rings (SSSR count). The van der Waals surface area contributed by atoms with Crippen molar-refractivity contribution in [2.24, 2.45) is 11.3 Å². The van der Waals surface area contributed by atoms with E-state index in [4.69, 9.17) is 63.4 Å². The molecule has 0 aromatic heterocycles. The largest absolute Gasteiger partial charge is 0.476 e. The number of thioether (sulfide) groups is 1. The summed E-state index contributed by atoms with van der Waals surface area (Å²) in [6, 6.07) is 9.32. The number of ether oxygens (including phenoxy) is 1. The highest BCUT2D eigenvalue weighted by Crippen LogP contribution is 2.41. The highest BCUT2D eigenvalue weighted by Gasteiger charge is 2.53. The zero-order chi connectivity index (χ0) is 29.4. The Morgan fingerprint density at radius 1 is 1.08 bits per heavy atom. The van der Waals surface area contributed by atoms with Crippen LogP contribution >= 0.6 is 70.4 Å². The molecule has 208 valence electrons. The van der Waals surface area contributed by atoms with Gasteiger partial charge in [0.2, 0.25) is 11.0 Å². The van der Waals surface area contributed by atoms with Crippen LogP contribution in [0.25, 0.3) is 0 Å². The summed E-state index contributed by atoms with van der Waals surface area (Å²) in [6.07, 6.45) is -1.10. The number of carbonyl (C=O) groups excluding carboxylic acids is 2. The fourth-order valence-electron chi connectivity index (χ4n) is 3.42. The summed E-state index contributed by atoms with van der Waals surface area (Å²) < 4.78 is 5.87. The van der Waals surface area contributed by atoms with E-state index in [1.807, 2.05) is 0 Å². The lowest BCUT2D eigenvalue weighted by molar-refractivity contribution is -0.158. The minimum Gasteiger partial charge on any atom is -0.476 e. The van der Waals surface area contributed by atoms with Gasteiger partial charge in [-0.25, -0.2) is 4.79 Å². The molecular weight excluding hydrogens is 628 g/mol. The molecule has 2 aromatic carbocycles. The number of likely N-dealkylation sites (tertiary alicyclic amines) is 1. The lowest BCUT2D eigenvalue weighted by Crippen LogP contribution is -2.62. The SMILES string of the molecule is C[C@@H](O)[C@H]1C(=O)N(C(C(=O)O)=C(Oc2ccc(C(=S)c3cc(Cl)c(Cl)cc3Cl)cc2)SC(=O)C(C)(C)C)[C@H]1Cl. The predicted molar refractivity (Wildman–Crippen MR) is 158 cm³/mol. The number of amides is 1. The third-order valence-corrected chi connectivity index (χ3v) is 8.82. The van der Waals surface area contributed by atoms with Crippen LogP contribution in [0, 0.1) is 11.3 Å². The lowest BCUT2D eigenvalue weighted by Gasteiger charge is -2.44. The van der Waals surface area contributed by atoms with Gasteiger partial charge in [-0.05, 0) is 60.6 Å². The second-order valence-electron chi connectivity index (χ2n) is 9.63. The topological polar surface area (TPSA) is 104 Å². The van der Waals surface area contributed by atoms with Crippen LogP contribution in [0.4, 0.5) is 0 Å². The molecule has 2 aromatic rings. The molecule has 7 nitrogen and oxygen atoms in total. The molecule has 1 amide bonds. The molecule has 3 atom stereocenters. The summed E-state index contributed by atoms with van der Waals surface area (Å²) in [5.74, 6) is -3.07. The summed E-state index contributed by atoms with van der Waals surface area (Å²) in [6.45, 7) is 6.36. The standard InChI is InChI=1S/C26H23Cl4NO6S2/c1-11(32)18-21(30)31(22(18)33)19(23(34)35)24(39-25(36)26(2,3)4)37-13-7-5-12(6-8-13)20(38)14-9-16(28)17(29)10-15(14)27/h5-11,18,21,32H,1-4H3,(H,34,35)/t11-,18-,21-/m1/s1. The van der Waals surface area contributed by atoms with Crippen LogP contribution < -0.4 is 4.74 Å². The molecule has 0 unspecified atom stereocenters. The van der Waals surface area contributed by atoms with E-state index >= 15 is 0 Å². The van der Waals surface area contributed by atoms with Crippen LogP contribution in [0.1, 0.15) is 38.8 Å². The Morgan fingerprint density at radius 2 is 1.64 bits per heavy atom. The number of carboxylic acid groups (broad SMARTS) is 1. The van der Waals surface area contributed by atoms with Gasteiger partial charge in [-0.15, -0.1) is 0 Å². The molecule has 1 heterocycles. The van der Waals surface area contributed by atoms with Gasteiger partial charge in [0.1, 0.15) is 11.3 Å². The van der Waals surface area contributed by atoms with E-state index in [9.17, 15) is 24.6 Å². The van der Waals surface area contributed by atoms with Crippen molar-refractivity contribution in [3.63, 3.8) is 0 Å². The number of aliphatic hydroxyl groups is 1. The maximum Gasteiger partial charge on any atom is 0.357 e. The van der Waals surface area contributed by atoms with Crippen molar-refractivity contribution in [3.05, 3.63) is 73.4 Å². The molecule has 1 saturated heterocycles. The summed E-state index contributed by atoms with van der Waals surface area (Å²) >= 11 is 30.8. The number of hydrogen-bond donors (Lipinski definition) is 2. The number of carbonyl (C=O) groups is 3. The number of benzene rings is 2. The number of alkyl halides is 1. The van der Waals surface area contributed by atoms with E-state index < -0.39 is 45.6 Å². The smallest absolute Gasteiger partial charge is 0.357 e. The van der Waals surface area contributed by atoms with Gasteiger partial charge in [0.25, 0.3) is 0 Å². The molecule has 13 heteroatoms. The maximum absolute atomic E-state index is 12.9. The maximum atomic E-state index is 12.9. The zero-order valence-corrected chi connectivity index (χ0v) is 25.7. The number of aliphatic hydroxyl groups excluding tert-OH is 1. The first-order valence-corrected chi connectivity index (χ1v) is 14.2. The number of nitrogens with zero attached hydrogens (tertiary/aromatic N) is 1. The Labute approximate surface area is 255 Å². The number of halogens is 4. The molecule has 1 fully saturated rings. The van der Waals surface area contributed by atoms with Gasteiger partial charge in [0, 0.05) is 11.0 Å². The van der Waals surface area contributed by atoms with Crippen molar-refractivity contribution in [1.29, 1.82) is 0 Å². The summed E-state index contributed by atoms with van der Waals surface area (Å²) in [5, 5.41) is 20.0. The van der Waals surface area contributed by atoms with Crippen molar-refractivity contribution >= 4 is 92.2 Å². The fraction of sp³-hybridized carbons (Fsp3) is 0.308.